The first-order chi connectivity index (χ1) is 14.5. The highest BCUT2D eigenvalue weighted by Gasteiger charge is 2.19. The number of anilines is 1. The summed E-state index contributed by atoms with van der Waals surface area (Å²) >= 11 is 0. The molecule has 0 saturated carbocycles. The van der Waals surface area contributed by atoms with E-state index in [0.29, 0.717) is 23.4 Å². The average Bonchev–Trinajstić information content (AvgIpc) is 2.76. The lowest BCUT2D eigenvalue weighted by Gasteiger charge is -2.14. The number of rotatable bonds is 7. The molecule has 2 rings (SSSR count). The van der Waals surface area contributed by atoms with Gasteiger partial charge in [-0.15, -0.1) is 0 Å². The summed E-state index contributed by atoms with van der Waals surface area (Å²) in [6.45, 7) is 0.138. The number of carbonyl (C=O) groups excluding carboxylic acids is 3. The maximum Gasteiger partial charge on any atom is 0.267 e. The molecule has 164 valence electrons. The summed E-state index contributed by atoms with van der Waals surface area (Å²) in [6, 6.07) is 12.5. The summed E-state index contributed by atoms with van der Waals surface area (Å²) in [4.78, 5) is 35.1. The van der Waals surface area contributed by atoms with Gasteiger partial charge in [0.05, 0.1) is 0 Å². The predicted octanol–water partition coefficient (Wildman–Crippen LogP) is 0.572. The lowest BCUT2D eigenvalue weighted by molar-refractivity contribution is -0.130. The van der Waals surface area contributed by atoms with Gasteiger partial charge < -0.3 is 22.1 Å². The molecular weight excluding hydrogens is 398 g/mol. The Labute approximate surface area is 181 Å². The monoisotopic (exact) mass is 425 g/mol. The van der Waals surface area contributed by atoms with Gasteiger partial charge in [0.1, 0.15) is 6.04 Å². The van der Waals surface area contributed by atoms with Gasteiger partial charge in [0, 0.05) is 41.9 Å². The Morgan fingerprint density at radius 3 is 1.97 bits per heavy atom. The molecule has 0 radical (unpaired) electrons. The summed E-state index contributed by atoms with van der Waals surface area (Å²) in [5, 5.41) is 13.8. The third-order valence-electron chi connectivity index (χ3n) is 4.01. The van der Waals surface area contributed by atoms with Crippen LogP contribution in [0.4, 0.5) is 5.69 Å². The molecule has 0 fully saturated rings. The van der Waals surface area contributed by atoms with Crippen molar-refractivity contribution in [3.8, 4) is 11.8 Å². The maximum absolute atomic E-state index is 12.2. The van der Waals surface area contributed by atoms with E-state index in [-0.39, 0.29) is 26.3 Å². The van der Waals surface area contributed by atoms with Crippen molar-refractivity contribution in [1.82, 2.24) is 10.8 Å². The average molecular weight is 425 g/mol. The third-order valence-corrected chi connectivity index (χ3v) is 4.01. The zero-order valence-corrected chi connectivity index (χ0v) is 16.1. The van der Waals surface area contributed by atoms with Gasteiger partial charge in [0.2, 0.25) is 5.91 Å². The summed E-state index contributed by atoms with van der Waals surface area (Å²) < 4.78 is 0. The molecule has 0 bridgehead atoms. The lowest BCUT2D eigenvalue weighted by atomic mass is 10.1. The standard InChI is InChI=1S/C21H23N5O4.CH4/c22-12-11-19(27)24-17-9-5-15(6-10-17)2-1-14-3-7-16(8-4-14)20(28)25-18(13-23)21(29)26-30;/h3-10,18,30H,11-13,22-23H2,(H,24,27)(H,25,28)(H,26,29);1H4/t18-;/m0./s1. The van der Waals surface area contributed by atoms with Gasteiger partial charge in [-0.1, -0.05) is 19.3 Å². The predicted molar refractivity (Wildman–Crippen MR) is 118 cm³/mol. The van der Waals surface area contributed by atoms with Crippen molar-refractivity contribution in [2.75, 3.05) is 18.4 Å². The molecule has 8 N–H and O–H groups in total. The fourth-order valence-electron chi connectivity index (χ4n) is 2.39. The molecule has 9 nitrogen and oxygen atoms in total. The van der Waals surface area contributed by atoms with Crippen LogP contribution in [0.2, 0.25) is 0 Å². The van der Waals surface area contributed by atoms with Gasteiger partial charge in [-0.05, 0) is 48.5 Å². The second-order valence-electron chi connectivity index (χ2n) is 6.23. The first kappa shape index (κ1) is 25.3. The molecule has 0 heterocycles. The summed E-state index contributed by atoms with van der Waals surface area (Å²) in [5.41, 5.74) is 14.6. The van der Waals surface area contributed by atoms with Crippen LogP contribution in [0.25, 0.3) is 0 Å². The number of carbonyl (C=O) groups is 3. The van der Waals surface area contributed by atoms with Crippen molar-refractivity contribution >= 4 is 23.4 Å². The molecule has 3 amide bonds. The van der Waals surface area contributed by atoms with Gasteiger partial charge in [0.15, 0.2) is 0 Å². The van der Waals surface area contributed by atoms with E-state index < -0.39 is 17.9 Å². The van der Waals surface area contributed by atoms with E-state index in [2.05, 4.69) is 22.5 Å². The number of nitrogens with two attached hydrogens (primary N) is 2. The van der Waals surface area contributed by atoms with Gasteiger partial charge in [-0.3, -0.25) is 19.6 Å². The van der Waals surface area contributed by atoms with Crippen molar-refractivity contribution in [1.29, 1.82) is 0 Å². The van der Waals surface area contributed by atoms with Crippen LogP contribution in [0, 0.1) is 11.8 Å². The summed E-state index contributed by atoms with van der Waals surface area (Å²) in [7, 11) is 0. The number of amides is 3. The van der Waals surface area contributed by atoms with E-state index in [9.17, 15) is 14.4 Å². The fraction of sp³-hybridized carbons (Fsp3) is 0.227. The van der Waals surface area contributed by atoms with E-state index in [4.69, 9.17) is 16.7 Å². The van der Waals surface area contributed by atoms with Crippen LogP contribution in [0.5, 0.6) is 0 Å². The molecule has 1 atom stereocenters. The van der Waals surface area contributed by atoms with Gasteiger partial charge in [-0.2, -0.15) is 0 Å². The Morgan fingerprint density at radius 1 is 0.935 bits per heavy atom. The molecule has 0 saturated heterocycles. The molecule has 0 aliphatic carbocycles. The van der Waals surface area contributed by atoms with Crippen LogP contribution < -0.4 is 27.6 Å². The van der Waals surface area contributed by atoms with Crippen LogP contribution in [-0.2, 0) is 9.59 Å². The molecule has 31 heavy (non-hydrogen) atoms. The number of hydroxylamine groups is 1. The number of hydrogen-bond acceptors (Lipinski definition) is 6. The van der Waals surface area contributed by atoms with Crippen molar-refractivity contribution in [2.24, 2.45) is 11.5 Å². The highest BCUT2D eigenvalue weighted by molar-refractivity contribution is 5.97. The first-order valence-corrected chi connectivity index (χ1v) is 9.13. The van der Waals surface area contributed by atoms with Crippen LogP contribution in [0.1, 0.15) is 35.3 Å². The normalized spacial score (nSPS) is 10.5. The van der Waals surface area contributed by atoms with E-state index >= 15 is 0 Å². The third kappa shape index (κ3) is 7.91. The van der Waals surface area contributed by atoms with Gasteiger partial charge in [-0.25, -0.2) is 5.48 Å². The minimum Gasteiger partial charge on any atom is -0.339 e. The van der Waals surface area contributed by atoms with Crippen LogP contribution in [-0.4, -0.2) is 42.1 Å². The Kier molecular flexibility index (Phi) is 10.4. The van der Waals surface area contributed by atoms with E-state index in [1.807, 2.05) is 0 Å². The second kappa shape index (κ2) is 12.8. The van der Waals surface area contributed by atoms with E-state index in [0.717, 1.165) is 5.56 Å². The van der Waals surface area contributed by atoms with Crippen LogP contribution in [0.3, 0.4) is 0 Å². The summed E-state index contributed by atoms with van der Waals surface area (Å²) in [5.74, 6) is 4.55. The topological polar surface area (TPSA) is 160 Å². The molecule has 0 aliphatic heterocycles. The second-order valence-corrected chi connectivity index (χ2v) is 6.23. The Bertz CT molecular complexity index is 947. The zero-order valence-electron chi connectivity index (χ0n) is 16.1. The fourth-order valence-corrected chi connectivity index (χ4v) is 2.39. The molecule has 2 aromatic carbocycles. The molecule has 2 aromatic rings. The Hall–Kier alpha value is -3.71. The van der Waals surface area contributed by atoms with Crippen molar-refractivity contribution in [3.63, 3.8) is 0 Å². The molecule has 0 aromatic heterocycles. The van der Waals surface area contributed by atoms with Crippen molar-refractivity contribution in [2.45, 2.75) is 19.9 Å². The van der Waals surface area contributed by atoms with Crippen molar-refractivity contribution in [3.05, 3.63) is 65.2 Å². The molecule has 0 unspecified atom stereocenters. The quantitative estimate of drug-likeness (QED) is 0.216. The first-order valence-electron chi connectivity index (χ1n) is 9.13. The number of benzene rings is 2. The van der Waals surface area contributed by atoms with E-state index in [1.165, 1.54) is 5.48 Å². The van der Waals surface area contributed by atoms with Crippen LogP contribution >= 0.6 is 0 Å². The Balaban J connectivity index is 0.00000480. The smallest absolute Gasteiger partial charge is 0.267 e. The minimum absolute atomic E-state index is 0. The molecule has 9 heteroatoms. The number of hydrogen-bond donors (Lipinski definition) is 6. The molecule has 0 aliphatic rings. The largest absolute Gasteiger partial charge is 0.339 e. The minimum atomic E-state index is -1.04. The van der Waals surface area contributed by atoms with Crippen LogP contribution in [0.15, 0.2) is 48.5 Å². The lowest BCUT2D eigenvalue weighted by Crippen LogP contribution is -2.50. The SMILES string of the molecule is C.NCCC(=O)Nc1ccc(C#Cc2ccc(C(=O)N[C@@H](CN)C(=O)NO)cc2)cc1. The highest BCUT2D eigenvalue weighted by atomic mass is 16.5. The Morgan fingerprint density at radius 2 is 1.48 bits per heavy atom. The highest BCUT2D eigenvalue weighted by Crippen LogP contribution is 2.10. The van der Waals surface area contributed by atoms with E-state index in [1.54, 1.807) is 48.5 Å². The summed E-state index contributed by atoms with van der Waals surface area (Å²) in [6.07, 6.45) is 0.261. The molecular formula is C22H27N5O4. The number of nitrogens with one attached hydrogen (secondary N) is 3. The van der Waals surface area contributed by atoms with Gasteiger partial charge >= 0.3 is 0 Å². The molecule has 0 spiro atoms. The zero-order chi connectivity index (χ0) is 21.9. The maximum atomic E-state index is 12.2. The van der Waals surface area contributed by atoms with Crippen molar-refractivity contribution < 1.29 is 19.6 Å². The van der Waals surface area contributed by atoms with Gasteiger partial charge in [0.25, 0.3) is 11.8 Å².